The van der Waals surface area contributed by atoms with Crippen molar-refractivity contribution in [2.75, 3.05) is 6.61 Å². The lowest BCUT2D eigenvalue weighted by Crippen LogP contribution is -2.65. The summed E-state index contributed by atoms with van der Waals surface area (Å²) < 4.78 is 32.8. The van der Waals surface area contributed by atoms with Gasteiger partial charge in [0.05, 0.1) is 12.2 Å². The number of rotatable bonds is 7. The van der Waals surface area contributed by atoms with Gasteiger partial charge in [0.15, 0.2) is 20.7 Å². The molecule has 3 aromatic carbocycles. The van der Waals surface area contributed by atoms with E-state index < -0.39 is 44.3 Å². The fourth-order valence-electron chi connectivity index (χ4n) is 4.60. The van der Waals surface area contributed by atoms with Crippen molar-refractivity contribution in [3.63, 3.8) is 0 Å². The summed E-state index contributed by atoms with van der Waals surface area (Å²) in [5.74, 6) is -0.415. The van der Waals surface area contributed by atoms with Crippen molar-refractivity contribution in [1.82, 2.24) is 0 Å². The van der Waals surface area contributed by atoms with Crippen molar-refractivity contribution in [2.24, 2.45) is 0 Å². The van der Waals surface area contributed by atoms with Crippen LogP contribution in [0.15, 0.2) is 95.9 Å². The highest BCUT2D eigenvalue weighted by Gasteiger charge is 2.55. The van der Waals surface area contributed by atoms with Crippen LogP contribution in [0.1, 0.15) is 43.0 Å². The van der Waals surface area contributed by atoms with Gasteiger partial charge in [-0.3, -0.25) is 0 Å². The van der Waals surface area contributed by atoms with Crippen LogP contribution in [0, 0.1) is 0 Å². The number of thioether (sulfide) groups is 1. The Morgan fingerprint density at radius 3 is 2.08 bits per heavy atom. The molecule has 212 valence electrons. The minimum Gasteiger partial charge on any atom is -0.452 e. The summed E-state index contributed by atoms with van der Waals surface area (Å²) in [7, 11) is -2.34. The number of fused-ring (bicyclic) bond motifs is 1. The largest absolute Gasteiger partial charge is 0.452 e. The lowest BCUT2D eigenvalue weighted by molar-refractivity contribution is -0.315. The van der Waals surface area contributed by atoms with Crippen LogP contribution in [0.4, 0.5) is 0 Å². The third-order valence-electron chi connectivity index (χ3n) is 7.84. The second-order valence-electron chi connectivity index (χ2n) is 11.7. The van der Waals surface area contributed by atoms with Crippen molar-refractivity contribution in [2.45, 2.75) is 79.9 Å². The first-order valence-corrected chi connectivity index (χ1v) is 17.5. The second-order valence-corrected chi connectivity index (χ2v) is 17.7. The van der Waals surface area contributed by atoms with Gasteiger partial charge >= 0.3 is 5.97 Å². The number of esters is 1. The maximum absolute atomic E-state index is 13.5. The first-order chi connectivity index (χ1) is 19.1. The zero-order valence-corrected chi connectivity index (χ0v) is 25.5. The molecular weight excluding hydrogens is 540 g/mol. The van der Waals surface area contributed by atoms with Gasteiger partial charge in [-0.25, -0.2) is 4.79 Å². The maximum Gasteiger partial charge on any atom is 0.338 e. The molecule has 0 radical (unpaired) electrons. The van der Waals surface area contributed by atoms with E-state index in [1.165, 1.54) is 11.8 Å². The third kappa shape index (κ3) is 6.54. The van der Waals surface area contributed by atoms with Gasteiger partial charge in [0.25, 0.3) is 0 Å². The highest BCUT2D eigenvalue weighted by molar-refractivity contribution is 7.99. The molecule has 3 aromatic rings. The number of ether oxygens (including phenoxy) is 4. The van der Waals surface area contributed by atoms with Crippen molar-refractivity contribution in [3.05, 3.63) is 102 Å². The Hall–Kier alpha value is -2.46. The molecule has 0 amide bonds. The molecule has 0 N–H and O–H groups in total. The van der Waals surface area contributed by atoms with Gasteiger partial charge in [0.1, 0.15) is 23.7 Å². The van der Waals surface area contributed by atoms with Crippen LogP contribution >= 0.6 is 11.8 Å². The first kappa shape index (κ1) is 29.0. The zero-order valence-electron chi connectivity index (χ0n) is 23.7. The summed E-state index contributed by atoms with van der Waals surface area (Å²) in [5, 5.41) is -0.0686. The molecule has 0 aliphatic carbocycles. The highest BCUT2D eigenvalue weighted by Crippen LogP contribution is 2.45. The molecule has 2 saturated heterocycles. The molecule has 0 bridgehead atoms. The maximum atomic E-state index is 13.5. The molecule has 0 aromatic heterocycles. The summed E-state index contributed by atoms with van der Waals surface area (Å²) >= 11 is 1.52. The number of carbonyl (C=O) groups is 1. The van der Waals surface area contributed by atoms with Crippen molar-refractivity contribution < 1.29 is 28.2 Å². The molecular formula is C32H38O6SSi. The molecule has 2 aliphatic heterocycles. The predicted octanol–water partition coefficient (Wildman–Crippen LogP) is 7.23. The van der Waals surface area contributed by atoms with E-state index in [0.717, 1.165) is 10.5 Å². The fraction of sp³-hybridized carbons (Fsp3) is 0.406. The van der Waals surface area contributed by atoms with E-state index in [9.17, 15) is 4.79 Å². The first-order valence-electron chi connectivity index (χ1n) is 13.8. The molecule has 1 unspecified atom stereocenters. The molecule has 2 heterocycles. The molecule has 0 saturated carbocycles. The number of carbonyl (C=O) groups excluding carboxylic acids is 1. The van der Waals surface area contributed by atoms with Crippen LogP contribution in [-0.4, -0.2) is 50.7 Å². The van der Waals surface area contributed by atoms with Crippen LogP contribution in [0.3, 0.4) is 0 Å². The molecule has 2 aliphatic rings. The second kappa shape index (κ2) is 12.2. The normalized spacial score (nSPS) is 27.0. The smallest absolute Gasteiger partial charge is 0.338 e. The van der Waals surface area contributed by atoms with Gasteiger partial charge in [0.2, 0.25) is 0 Å². The van der Waals surface area contributed by atoms with E-state index >= 15 is 0 Å². The summed E-state index contributed by atoms with van der Waals surface area (Å²) in [5.41, 5.74) is 0.881. The molecule has 8 heteroatoms. The summed E-state index contributed by atoms with van der Waals surface area (Å²) in [4.78, 5) is 14.5. The zero-order chi connectivity index (χ0) is 28.3. The predicted molar refractivity (Wildman–Crippen MR) is 159 cm³/mol. The van der Waals surface area contributed by atoms with Gasteiger partial charge in [0, 0.05) is 10.5 Å². The van der Waals surface area contributed by atoms with E-state index in [1.54, 1.807) is 12.1 Å². The monoisotopic (exact) mass is 578 g/mol. The Morgan fingerprint density at radius 2 is 1.45 bits per heavy atom. The van der Waals surface area contributed by atoms with Crippen molar-refractivity contribution in [1.29, 1.82) is 0 Å². The fourth-order valence-corrected chi connectivity index (χ4v) is 7.02. The van der Waals surface area contributed by atoms with Gasteiger partial charge in [-0.05, 0) is 42.4 Å². The van der Waals surface area contributed by atoms with E-state index in [1.807, 2.05) is 78.9 Å². The number of benzene rings is 3. The number of hydrogen-bond acceptors (Lipinski definition) is 7. The van der Waals surface area contributed by atoms with E-state index in [0.29, 0.717) is 12.2 Å². The van der Waals surface area contributed by atoms with Crippen LogP contribution in [0.5, 0.6) is 0 Å². The average Bonchev–Trinajstić information content (AvgIpc) is 2.95. The third-order valence-corrected chi connectivity index (χ3v) is 13.5. The summed E-state index contributed by atoms with van der Waals surface area (Å²) in [6.07, 6.45) is -2.72. The molecule has 6 atom stereocenters. The van der Waals surface area contributed by atoms with Gasteiger partial charge in [-0.15, -0.1) is 0 Å². The van der Waals surface area contributed by atoms with Crippen LogP contribution in [0.2, 0.25) is 18.1 Å². The van der Waals surface area contributed by atoms with Crippen LogP contribution in [-0.2, 0) is 23.4 Å². The van der Waals surface area contributed by atoms with Crippen molar-refractivity contribution in [3.8, 4) is 0 Å². The summed E-state index contributed by atoms with van der Waals surface area (Å²) in [6.45, 7) is 11.4. The van der Waals surface area contributed by atoms with Crippen LogP contribution < -0.4 is 0 Å². The SMILES string of the molecule is CC(C)(C)[Si](C)(C)O[C@@H]1[C@@H](OC(=O)c2ccccc2)[C@H](Sc2ccccc2)O[C@@H]2COC(c3ccccc3)O[C@@H]12. The Morgan fingerprint density at radius 1 is 0.850 bits per heavy atom. The Labute approximate surface area is 242 Å². The van der Waals surface area contributed by atoms with E-state index in [-0.39, 0.29) is 11.1 Å². The Balaban J connectivity index is 1.52. The van der Waals surface area contributed by atoms with E-state index in [4.69, 9.17) is 23.4 Å². The Kier molecular flexibility index (Phi) is 8.85. The Bertz CT molecular complexity index is 1250. The highest BCUT2D eigenvalue weighted by atomic mass is 32.2. The number of hydrogen-bond donors (Lipinski definition) is 0. The van der Waals surface area contributed by atoms with Gasteiger partial charge in [-0.2, -0.15) is 0 Å². The lowest BCUT2D eigenvalue weighted by Gasteiger charge is -2.51. The van der Waals surface area contributed by atoms with Gasteiger partial charge < -0.3 is 23.4 Å². The van der Waals surface area contributed by atoms with Crippen LogP contribution in [0.25, 0.3) is 0 Å². The minimum absolute atomic E-state index is 0.0686. The van der Waals surface area contributed by atoms with Gasteiger partial charge in [-0.1, -0.05) is 99.3 Å². The lowest BCUT2D eigenvalue weighted by atomic mass is 9.98. The standard InChI is InChI=1S/C32H38O6SSi/c1-32(2,3)40(4,5)38-27-26-25(21-34-30(37-26)23-17-11-7-12-18-23)35-31(39-24-19-13-8-14-20-24)28(27)36-29(33)22-15-9-6-10-16-22/h6-20,25-28,30-31H,21H2,1-5H3/t25-,26-,27+,28-,30?,31+/m1/s1. The molecule has 2 fully saturated rings. The van der Waals surface area contributed by atoms with E-state index in [2.05, 4.69) is 33.9 Å². The average molecular weight is 579 g/mol. The molecule has 5 rings (SSSR count). The molecule has 0 spiro atoms. The summed E-state index contributed by atoms with van der Waals surface area (Å²) in [6, 6.07) is 28.9. The topological polar surface area (TPSA) is 63.2 Å². The molecule has 40 heavy (non-hydrogen) atoms. The quantitative estimate of drug-likeness (QED) is 0.216. The minimum atomic E-state index is -2.34. The molecule has 6 nitrogen and oxygen atoms in total. The van der Waals surface area contributed by atoms with Crippen molar-refractivity contribution >= 4 is 26.0 Å².